The largest absolute Gasteiger partial charge is 0.396 e. The Morgan fingerprint density at radius 3 is 2.22 bits per heavy atom. The molecule has 0 radical (unpaired) electrons. The van der Waals surface area contributed by atoms with Gasteiger partial charge in [0.1, 0.15) is 0 Å². The molecule has 0 aliphatic carbocycles. The summed E-state index contributed by atoms with van der Waals surface area (Å²) in [5.41, 5.74) is 2.08. The lowest BCUT2D eigenvalue weighted by Gasteiger charge is -2.31. The third-order valence-electron chi connectivity index (χ3n) is 5.25. The van der Waals surface area contributed by atoms with Crippen molar-refractivity contribution >= 4 is 10.0 Å². The molecular weight excluding hydrogens is 360 g/mol. The number of rotatable bonds is 7. The van der Waals surface area contributed by atoms with Crippen molar-refractivity contribution in [3.8, 4) is 0 Å². The lowest BCUT2D eigenvalue weighted by Crippen LogP contribution is -2.34. The van der Waals surface area contributed by atoms with Crippen molar-refractivity contribution < 1.29 is 13.5 Å². The Kier molecular flexibility index (Phi) is 6.65. The molecule has 0 amide bonds. The van der Waals surface area contributed by atoms with Gasteiger partial charge in [0.2, 0.25) is 10.0 Å². The number of likely N-dealkylation sites (tertiary alicyclic amines) is 1. The quantitative estimate of drug-likeness (QED) is 0.792. The van der Waals surface area contributed by atoms with Crippen LogP contribution in [0.4, 0.5) is 0 Å². The van der Waals surface area contributed by atoms with E-state index in [1.54, 1.807) is 19.2 Å². The summed E-state index contributed by atoms with van der Waals surface area (Å²) in [7, 11) is -1.89. The van der Waals surface area contributed by atoms with Gasteiger partial charge in [0, 0.05) is 26.7 Å². The van der Waals surface area contributed by atoms with Crippen molar-refractivity contribution in [2.24, 2.45) is 5.92 Å². The average molecular weight is 389 g/mol. The molecule has 1 aliphatic rings. The molecule has 1 fully saturated rings. The van der Waals surface area contributed by atoms with Crippen molar-refractivity contribution in [2.75, 3.05) is 26.7 Å². The van der Waals surface area contributed by atoms with Gasteiger partial charge in [-0.1, -0.05) is 42.5 Å². The number of benzene rings is 2. The highest BCUT2D eigenvalue weighted by atomic mass is 32.2. The molecule has 0 bridgehead atoms. The highest BCUT2D eigenvalue weighted by molar-refractivity contribution is 7.89. The molecule has 0 saturated carbocycles. The number of aliphatic hydroxyl groups excluding tert-OH is 1. The molecule has 1 saturated heterocycles. The second-order valence-electron chi connectivity index (χ2n) is 7.29. The number of hydrogen-bond acceptors (Lipinski definition) is 4. The minimum Gasteiger partial charge on any atom is -0.396 e. The molecule has 1 aliphatic heterocycles. The van der Waals surface area contributed by atoms with Crippen LogP contribution in [0.2, 0.25) is 0 Å². The second kappa shape index (κ2) is 8.97. The summed E-state index contributed by atoms with van der Waals surface area (Å²) < 4.78 is 27.0. The maximum atomic E-state index is 12.8. The van der Waals surface area contributed by atoms with Gasteiger partial charge in [-0.2, -0.15) is 4.31 Å². The molecule has 3 rings (SSSR count). The lowest BCUT2D eigenvalue weighted by atomic mass is 9.97. The first-order valence-corrected chi connectivity index (χ1v) is 10.9. The maximum Gasteiger partial charge on any atom is 0.243 e. The zero-order valence-corrected chi connectivity index (χ0v) is 16.6. The highest BCUT2D eigenvalue weighted by Gasteiger charge is 2.22. The molecule has 6 heteroatoms. The Labute approximate surface area is 162 Å². The molecule has 2 aromatic carbocycles. The number of piperidine rings is 1. The van der Waals surface area contributed by atoms with Gasteiger partial charge >= 0.3 is 0 Å². The number of nitrogens with zero attached hydrogens (tertiary/aromatic N) is 2. The summed E-state index contributed by atoms with van der Waals surface area (Å²) in [6.45, 7) is 3.40. The maximum absolute atomic E-state index is 12.8. The molecule has 1 heterocycles. The molecule has 1 N–H and O–H groups in total. The Balaban J connectivity index is 1.62. The van der Waals surface area contributed by atoms with Crippen molar-refractivity contribution in [3.05, 3.63) is 65.7 Å². The Morgan fingerprint density at radius 2 is 1.63 bits per heavy atom. The van der Waals surface area contributed by atoms with Crippen LogP contribution in [-0.4, -0.2) is 49.5 Å². The number of hydrogen-bond donors (Lipinski definition) is 1. The first-order valence-electron chi connectivity index (χ1n) is 9.41. The summed E-state index contributed by atoms with van der Waals surface area (Å²) >= 11 is 0. The third-order valence-corrected chi connectivity index (χ3v) is 7.07. The van der Waals surface area contributed by atoms with Crippen molar-refractivity contribution in [3.63, 3.8) is 0 Å². The van der Waals surface area contributed by atoms with Crippen molar-refractivity contribution in [2.45, 2.75) is 30.8 Å². The molecule has 0 spiro atoms. The first-order chi connectivity index (χ1) is 13.0. The van der Waals surface area contributed by atoms with Gasteiger partial charge in [0.15, 0.2) is 0 Å². The zero-order valence-electron chi connectivity index (χ0n) is 15.8. The van der Waals surface area contributed by atoms with Gasteiger partial charge < -0.3 is 5.11 Å². The SMILES string of the molecule is CN(Cc1ccccc1)S(=O)(=O)c1ccc(CN2CCC(CO)CC2)cc1. The van der Waals surface area contributed by atoms with Crippen LogP contribution in [0.25, 0.3) is 0 Å². The van der Waals surface area contributed by atoms with Crippen LogP contribution in [0.5, 0.6) is 0 Å². The summed E-state index contributed by atoms with van der Waals surface area (Å²) in [6, 6.07) is 16.8. The van der Waals surface area contributed by atoms with Gasteiger partial charge in [0.05, 0.1) is 4.90 Å². The fraction of sp³-hybridized carbons (Fsp3) is 0.429. The molecule has 0 unspecified atom stereocenters. The second-order valence-corrected chi connectivity index (χ2v) is 9.34. The van der Waals surface area contributed by atoms with Crippen LogP contribution in [0.1, 0.15) is 24.0 Å². The smallest absolute Gasteiger partial charge is 0.243 e. The zero-order chi connectivity index (χ0) is 19.3. The van der Waals surface area contributed by atoms with E-state index < -0.39 is 10.0 Å². The minimum absolute atomic E-state index is 0.275. The van der Waals surface area contributed by atoms with Crippen molar-refractivity contribution in [1.82, 2.24) is 9.21 Å². The van der Waals surface area contributed by atoms with Crippen LogP contribution in [0, 0.1) is 5.92 Å². The molecule has 146 valence electrons. The van der Waals surface area contributed by atoms with E-state index in [4.69, 9.17) is 0 Å². The fourth-order valence-electron chi connectivity index (χ4n) is 3.46. The summed E-state index contributed by atoms with van der Waals surface area (Å²) in [6.07, 6.45) is 2.04. The molecule has 0 aromatic heterocycles. The standard InChI is InChI=1S/C21H28N2O3S/c1-22(15-18-5-3-2-4-6-18)27(25,26)21-9-7-19(8-10-21)16-23-13-11-20(17-24)12-14-23/h2-10,20,24H,11-17H2,1H3. The van der Waals surface area contributed by atoms with E-state index in [1.807, 2.05) is 42.5 Å². The minimum atomic E-state index is -3.51. The van der Waals surface area contributed by atoms with E-state index in [2.05, 4.69) is 4.90 Å². The molecule has 27 heavy (non-hydrogen) atoms. The fourth-order valence-corrected chi connectivity index (χ4v) is 4.62. The average Bonchev–Trinajstić information content (AvgIpc) is 2.70. The van der Waals surface area contributed by atoms with E-state index in [1.165, 1.54) is 4.31 Å². The Hall–Kier alpha value is -1.73. The summed E-state index contributed by atoms with van der Waals surface area (Å²) in [4.78, 5) is 2.68. The van der Waals surface area contributed by atoms with Crippen LogP contribution in [0.3, 0.4) is 0 Å². The predicted molar refractivity (Wildman–Crippen MR) is 107 cm³/mol. The monoisotopic (exact) mass is 388 g/mol. The van der Waals surface area contributed by atoms with Crippen LogP contribution in [-0.2, 0) is 23.1 Å². The molecule has 2 aromatic rings. The van der Waals surface area contributed by atoms with Gasteiger partial charge in [-0.05, 0) is 55.1 Å². The van der Waals surface area contributed by atoms with E-state index in [-0.39, 0.29) is 6.61 Å². The molecular formula is C21H28N2O3S. The Bertz CT molecular complexity index is 814. The van der Waals surface area contributed by atoms with E-state index in [0.717, 1.165) is 43.6 Å². The van der Waals surface area contributed by atoms with Crippen LogP contribution >= 0.6 is 0 Å². The van der Waals surface area contributed by atoms with Gasteiger partial charge in [0.25, 0.3) is 0 Å². The highest BCUT2D eigenvalue weighted by Crippen LogP contribution is 2.21. The van der Waals surface area contributed by atoms with E-state index in [9.17, 15) is 13.5 Å². The number of aliphatic hydroxyl groups is 1. The van der Waals surface area contributed by atoms with Gasteiger partial charge in [-0.15, -0.1) is 0 Å². The van der Waals surface area contributed by atoms with E-state index >= 15 is 0 Å². The summed E-state index contributed by atoms with van der Waals surface area (Å²) in [5.74, 6) is 0.425. The van der Waals surface area contributed by atoms with Crippen LogP contribution in [0.15, 0.2) is 59.5 Å². The molecule has 5 nitrogen and oxygen atoms in total. The molecule has 0 atom stereocenters. The lowest BCUT2D eigenvalue weighted by molar-refractivity contribution is 0.127. The first kappa shape index (κ1) is 20.0. The van der Waals surface area contributed by atoms with Gasteiger partial charge in [-0.25, -0.2) is 8.42 Å². The van der Waals surface area contributed by atoms with Gasteiger partial charge in [-0.3, -0.25) is 4.90 Å². The van der Waals surface area contributed by atoms with Crippen molar-refractivity contribution in [1.29, 1.82) is 0 Å². The third kappa shape index (κ3) is 5.17. The van der Waals surface area contributed by atoms with Crippen LogP contribution < -0.4 is 0 Å². The van der Waals surface area contributed by atoms with E-state index in [0.29, 0.717) is 17.4 Å². The topological polar surface area (TPSA) is 60.9 Å². The summed E-state index contributed by atoms with van der Waals surface area (Å²) in [5, 5.41) is 9.23. The predicted octanol–water partition coefficient (Wildman–Crippen LogP) is 2.71. The number of sulfonamides is 1. The Morgan fingerprint density at radius 1 is 1.00 bits per heavy atom. The normalized spacial score (nSPS) is 16.7.